The number of ether oxygens (including phenoxy) is 1. The summed E-state index contributed by atoms with van der Waals surface area (Å²) in [7, 11) is 0. The number of urea groups is 1. The van der Waals surface area contributed by atoms with Crippen LogP contribution in [0.25, 0.3) is 0 Å². The fourth-order valence-electron chi connectivity index (χ4n) is 1.55. The van der Waals surface area contributed by atoms with E-state index < -0.39 is 5.97 Å². The van der Waals surface area contributed by atoms with Gasteiger partial charge in [-0.3, -0.25) is 4.79 Å². The van der Waals surface area contributed by atoms with Crippen LogP contribution in [0.1, 0.15) is 31.0 Å². The average Bonchev–Trinajstić information content (AvgIpc) is 2.37. The molecule has 0 aliphatic heterocycles. The molecule has 0 radical (unpaired) electrons. The number of aryl methyl sites for hydroxylation is 1. The van der Waals surface area contributed by atoms with E-state index in [4.69, 9.17) is 4.74 Å². The predicted octanol–water partition coefficient (Wildman–Crippen LogP) is 1.92. The maximum absolute atomic E-state index is 11.6. The zero-order chi connectivity index (χ0) is 14.3. The van der Waals surface area contributed by atoms with Gasteiger partial charge < -0.3 is 15.4 Å². The second kappa shape index (κ2) is 7.41. The molecule has 1 aromatic carbocycles. The first-order chi connectivity index (χ1) is 9.02. The number of amides is 2. The first kappa shape index (κ1) is 15.0. The number of hydrogen-bond acceptors (Lipinski definition) is 3. The van der Waals surface area contributed by atoms with Crippen molar-refractivity contribution < 1.29 is 14.3 Å². The Morgan fingerprint density at radius 2 is 1.89 bits per heavy atom. The van der Waals surface area contributed by atoms with Crippen molar-refractivity contribution >= 4 is 12.0 Å². The van der Waals surface area contributed by atoms with Crippen LogP contribution < -0.4 is 10.6 Å². The molecule has 0 aliphatic carbocycles. The van der Waals surface area contributed by atoms with Gasteiger partial charge in [0.15, 0.2) is 0 Å². The number of carbonyl (C=O) groups excluding carboxylic acids is 2. The van der Waals surface area contributed by atoms with Gasteiger partial charge in [-0.2, -0.15) is 0 Å². The highest BCUT2D eigenvalue weighted by molar-refractivity contribution is 5.80. The summed E-state index contributed by atoms with van der Waals surface area (Å²) in [4.78, 5) is 22.6. The van der Waals surface area contributed by atoms with E-state index in [2.05, 4.69) is 10.6 Å². The zero-order valence-electron chi connectivity index (χ0n) is 11.5. The summed E-state index contributed by atoms with van der Waals surface area (Å²) < 4.78 is 4.71. The summed E-state index contributed by atoms with van der Waals surface area (Å²) in [6.07, 6.45) is 0. The quantitative estimate of drug-likeness (QED) is 0.798. The molecule has 0 spiro atoms. The lowest BCUT2D eigenvalue weighted by Gasteiger charge is -2.15. The van der Waals surface area contributed by atoms with Crippen molar-refractivity contribution in [2.24, 2.45) is 0 Å². The lowest BCUT2D eigenvalue weighted by Crippen LogP contribution is -2.40. The summed E-state index contributed by atoms with van der Waals surface area (Å²) in [5, 5.41) is 5.21. The van der Waals surface area contributed by atoms with Crippen LogP contribution in [-0.2, 0) is 9.53 Å². The lowest BCUT2D eigenvalue weighted by molar-refractivity contribution is -0.141. The van der Waals surface area contributed by atoms with Gasteiger partial charge >= 0.3 is 12.0 Å². The van der Waals surface area contributed by atoms with Crippen LogP contribution in [-0.4, -0.2) is 25.2 Å². The normalized spacial score (nSPS) is 11.5. The maximum Gasteiger partial charge on any atom is 0.325 e. The van der Waals surface area contributed by atoms with Crippen LogP contribution in [0.5, 0.6) is 0 Å². The van der Waals surface area contributed by atoms with Crippen LogP contribution in [0.4, 0.5) is 4.79 Å². The average molecular weight is 264 g/mol. The highest BCUT2D eigenvalue weighted by atomic mass is 16.5. The zero-order valence-corrected chi connectivity index (χ0v) is 11.5. The van der Waals surface area contributed by atoms with Crippen LogP contribution in [0, 0.1) is 6.92 Å². The summed E-state index contributed by atoms with van der Waals surface area (Å²) in [6.45, 7) is 5.79. The Morgan fingerprint density at radius 1 is 1.26 bits per heavy atom. The van der Waals surface area contributed by atoms with Gasteiger partial charge in [0.1, 0.15) is 6.54 Å². The fraction of sp³-hybridized carbons (Fsp3) is 0.429. The van der Waals surface area contributed by atoms with Crippen LogP contribution in [0.2, 0.25) is 0 Å². The van der Waals surface area contributed by atoms with E-state index in [1.807, 2.05) is 38.1 Å². The predicted molar refractivity (Wildman–Crippen MR) is 72.8 cm³/mol. The molecule has 5 nitrogen and oxygen atoms in total. The monoisotopic (exact) mass is 264 g/mol. The number of esters is 1. The maximum atomic E-state index is 11.6. The van der Waals surface area contributed by atoms with Gasteiger partial charge in [-0.25, -0.2) is 4.79 Å². The van der Waals surface area contributed by atoms with Gasteiger partial charge in [-0.1, -0.05) is 29.8 Å². The molecule has 0 unspecified atom stereocenters. The van der Waals surface area contributed by atoms with Crippen molar-refractivity contribution in [1.82, 2.24) is 10.6 Å². The minimum absolute atomic E-state index is 0.122. The van der Waals surface area contributed by atoms with Gasteiger partial charge in [0.05, 0.1) is 12.6 Å². The van der Waals surface area contributed by atoms with Crippen LogP contribution >= 0.6 is 0 Å². The SMILES string of the molecule is CCOC(=O)CNC(=O)N[C@@H](C)c1ccc(C)cc1. The Bertz CT molecular complexity index is 429. The summed E-state index contributed by atoms with van der Waals surface area (Å²) in [6, 6.07) is 7.40. The van der Waals surface area contributed by atoms with E-state index in [1.54, 1.807) is 6.92 Å². The molecule has 2 amide bonds. The molecule has 0 saturated heterocycles. The molecule has 0 aliphatic rings. The van der Waals surface area contributed by atoms with Gasteiger partial charge in [0.25, 0.3) is 0 Å². The molecule has 1 aromatic rings. The topological polar surface area (TPSA) is 67.4 Å². The molecule has 5 heteroatoms. The molecule has 19 heavy (non-hydrogen) atoms. The molecule has 104 valence electrons. The highest BCUT2D eigenvalue weighted by Gasteiger charge is 2.10. The van der Waals surface area contributed by atoms with Crippen LogP contribution in [0.3, 0.4) is 0 Å². The molecule has 0 saturated carbocycles. The third kappa shape index (κ3) is 5.42. The number of hydrogen-bond donors (Lipinski definition) is 2. The van der Waals surface area contributed by atoms with Gasteiger partial charge in [-0.05, 0) is 26.3 Å². The van der Waals surface area contributed by atoms with E-state index >= 15 is 0 Å². The van der Waals surface area contributed by atoms with Crippen LogP contribution in [0.15, 0.2) is 24.3 Å². The molecule has 0 bridgehead atoms. The third-order valence-corrected chi connectivity index (χ3v) is 2.62. The molecule has 1 atom stereocenters. The van der Waals surface area contributed by atoms with Gasteiger partial charge in [0, 0.05) is 0 Å². The number of carbonyl (C=O) groups is 2. The molecule has 0 fully saturated rings. The Morgan fingerprint density at radius 3 is 2.47 bits per heavy atom. The van der Waals surface area contributed by atoms with Crippen molar-refractivity contribution in [1.29, 1.82) is 0 Å². The number of nitrogens with one attached hydrogen (secondary N) is 2. The summed E-state index contributed by atoms with van der Waals surface area (Å²) >= 11 is 0. The Hall–Kier alpha value is -2.04. The summed E-state index contributed by atoms with van der Waals surface area (Å²) in [5.74, 6) is -0.444. The van der Waals surface area contributed by atoms with E-state index in [0.717, 1.165) is 5.56 Å². The minimum atomic E-state index is -0.444. The Balaban J connectivity index is 2.39. The second-order valence-electron chi connectivity index (χ2n) is 4.26. The van der Waals surface area contributed by atoms with Gasteiger partial charge in [-0.15, -0.1) is 0 Å². The standard InChI is InChI=1S/C14H20N2O3/c1-4-19-13(17)9-15-14(18)16-11(3)12-7-5-10(2)6-8-12/h5-8,11H,4,9H2,1-3H3,(H2,15,16,18)/t11-/m0/s1. The van der Waals surface area contributed by atoms with Crippen molar-refractivity contribution in [2.45, 2.75) is 26.8 Å². The first-order valence-corrected chi connectivity index (χ1v) is 6.29. The molecule has 0 aromatic heterocycles. The third-order valence-electron chi connectivity index (χ3n) is 2.62. The minimum Gasteiger partial charge on any atom is -0.465 e. The molecular weight excluding hydrogens is 244 g/mol. The number of benzene rings is 1. The molecular formula is C14H20N2O3. The summed E-state index contributed by atoms with van der Waals surface area (Å²) in [5.41, 5.74) is 2.18. The number of rotatable bonds is 5. The van der Waals surface area contributed by atoms with Crippen molar-refractivity contribution in [3.8, 4) is 0 Å². The molecule has 2 N–H and O–H groups in total. The fourth-order valence-corrected chi connectivity index (χ4v) is 1.55. The Kier molecular flexibility index (Phi) is 5.85. The largest absolute Gasteiger partial charge is 0.465 e. The van der Waals surface area contributed by atoms with E-state index in [0.29, 0.717) is 6.61 Å². The highest BCUT2D eigenvalue weighted by Crippen LogP contribution is 2.12. The van der Waals surface area contributed by atoms with E-state index in [1.165, 1.54) is 5.56 Å². The van der Waals surface area contributed by atoms with Gasteiger partial charge in [0.2, 0.25) is 0 Å². The van der Waals surface area contributed by atoms with E-state index in [-0.39, 0.29) is 18.6 Å². The Labute approximate surface area is 113 Å². The van der Waals surface area contributed by atoms with E-state index in [9.17, 15) is 9.59 Å². The van der Waals surface area contributed by atoms with Crippen molar-refractivity contribution in [3.05, 3.63) is 35.4 Å². The lowest BCUT2D eigenvalue weighted by atomic mass is 10.1. The second-order valence-corrected chi connectivity index (χ2v) is 4.26. The smallest absolute Gasteiger partial charge is 0.325 e. The van der Waals surface area contributed by atoms with Crippen molar-refractivity contribution in [2.75, 3.05) is 13.2 Å². The first-order valence-electron chi connectivity index (χ1n) is 6.29. The molecule has 1 rings (SSSR count). The molecule has 0 heterocycles. The van der Waals surface area contributed by atoms with Crippen molar-refractivity contribution in [3.63, 3.8) is 0 Å².